The van der Waals surface area contributed by atoms with Crippen LogP contribution >= 0.6 is 0 Å². The van der Waals surface area contributed by atoms with Crippen molar-refractivity contribution in [3.8, 4) is 0 Å². The molecule has 0 radical (unpaired) electrons. The van der Waals surface area contributed by atoms with Crippen LogP contribution in [-0.4, -0.2) is 18.9 Å². The molecule has 0 heterocycles. The van der Waals surface area contributed by atoms with Gasteiger partial charge < -0.3 is 5.32 Å². The van der Waals surface area contributed by atoms with Crippen molar-refractivity contribution < 1.29 is 4.79 Å². The van der Waals surface area contributed by atoms with Gasteiger partial charge in [-0.05, 0) is 18.9 Å². The molecule has 2 nitrogen and oxygen atoms in total. The van der Waals surface area contributed by atoms with Crippen molar-refractivity contribution in [3.63, 3.8) is 0 Å². The maximum atomic E-state index is 11.3. The fraction of sp³-hybridized carbons (Fsp3) is 0.909. The maximum Gasteiger partial charge on any atom is 0.134 e. The molecule has 0 spiro atoms. The van der Waals surface area contributed by atoms with Crippen LogP contribution in [0.5, 0.6) is 0 Å². The van der Waals surface area contributed by atoms with Crippen molar-refractivity contribution in [1.29, 1.82) is 0 Å². The van der Waals surface area contributed by atoms with Crippen molar-refractivity contribution in [3.05, 3.63) is 0 Å². The average Bonchev–Trinajstić information content (AvgIpc) is 2.04. The number of hydrogen-bond acceptors (Lipinski definition) is 2. The molecule has 0 saturated heterocycles. The van der Waals surface area contributed by atoms with Crippen LogP contribution in [0.15, 0.2) is 0 Å². The Labute approximate surface area is 82.1 Å². The standard InChI is InChI=1S/C11H23NO/c1-4-12-9-8-11(13)7-5-6-10(2)3/h10,12H,4-9H2,1-3H3. The Morgan fingerprint density at radius 1 is 1.31 bits per heavy atom. The highest BCUT2D eigenvalue weighted by molar-refractivity contribution is 5.78. The van der Waals surface area contributed by atoms with Gasteiger partial charge in [0.15, 0.2) is 0 Å². The van der Waals surface area contributed by atoms with Crippen LogP contribution in [0, 0.1) is 5.92 Å². The van der Waals surface area contributed by atoms with E-state index >= 15 is 0 Å². The largest absolute Gasteiger partial charge is 0.317 e. The first-order chi connectivity index (χ1) is 6.16. The second kappa shape index (κ2) is 8.24. The fourth-order valence-corrected chi connectivity index (χ4v) is 1.24. The summed E-state index contributed by atoms with van der Waals surface area (Å²) in [5.74, 6) is 1.13. The van der Waals surface area contributed by atoms with Crippen molar-refractivity contribution in [2.45, 2.75) is 46.5 Å². The van der Waals surface area contributed by atoms with E-state index in [1.54, 1.807) is 0 Å². The summed E-state index contributed by atoms with van der Waals surface area (Å²) in [6.07, 6.45) is 3.70. The first-order valence-electron chi connectivity index (χ1n) is 5.39. The van der Waals surface area contributed by atoms with Gasteiger partial charge in [0, 0.05) is 19.4 Å². The summed E-state index contributed by atoms with van der Waals surface area (Å²) in [4.78, 5) is 11.3. The molecule has 0 rings (SSSR count). The summed E-state index contributed by atoms with van der Waals surface area (Å²) in [5, 5.41) is 3.16. The van der Waals surface area contributed by atoms with Crippen LogP contribution in [-0.2, 0) is 4.79 Å². The van der Waals surface area contributed by atoms with Crippen LogP contribution in [0.1, 0.15) is 46.5 Å². The van der Waals surface area contributed by atoms with Crippen LogP contribution in [0.2, 0.25) is 0 Å². The lowest BCUT2D eigenvalue weighted by Gasteiger charge is -2.04. The number of hydrogen-bond donors (Lipinski definition) is 1. The molecule has 0 unspecified atom stereocenters. The van der Waals surface area contributed by atoms with E-state index in [1.807, 2.05) is 0 Å². The van der Waals surface area contributed by atoms with E-state index in [9.17, 15) is 4.79 Å². The van der Waals surface area contributed by atoms with Crippen molar-refractivity contribution in [2.24, 2.45) is 5.92 Å². The minimum atomic E-state index is 0.404. The smallest absolute Gasteiger partial charge is 0.134 e. The third kappa shape index (κ3) is 9.54. The van der Waals surface area contributed by atoms with E-state index in [-0.39, 0.29) is 0 Å². The lowest BCUT2D eigenvalue weighted by Crippen LogP contribution is -2.17. The topological polar surface area (TPSA) is 29.1 Å². The molecule has 0 amide bonds. The molecule has 0 aromatic carbocycles. The summed E-state index contributed by atoms with van der Waals surface area (Å²) < 4.78 is 0. The van der Waals surface area contributed by atoms with Gasteiger partial charge in [0.05, 0.1) is 0 Å². The van der Waals surface area contributed by atoms with Crippen LogP contribution in [0.3, 0.4) is 0 Å². The molecule has 0 aliphatic heterocycles. The molecule has 0 fully saturated rings. The number of carbonyl (C=O) groups is 1. The SMILES string of the molecule is CCNCCC(=O)CCCC(C)C. The van der Waals surface area contributed by atoms with Gasteiger partial charge in [-0.15, -0.1) is 0 Å². The number of Topliss-reactive ketones (excluding diaryl/α,β-unsaturated/α-hetero) is 1. The molecule has 0 saturated carbocycles. The molecule has 78 valence electrons. The quantitative estimate of drug-likeness (QED) is 0.588. The Morgan fingerprint density at radius 3 is 2.54 bits per heavy atom. The van der Waals surface area contributed by atoms with Gasteiger partial charge in [0.25, 0.3) is 0 Å². The number of ketones is 1. The molecule has 0 atom stereocenters. The highest BCUT2D eigenvalue weighted by atomic mass is 16.1. The monoisotopic (exact) mass is 185 g/mol. The molecule has 1 N–H and O–H groups in total. The van der Waals surface area contributed by atoms with E-state index < -0.39 is 0 Å². The highest BCUT2D eigenvalue weighted by Gasteiger charge is 2.01. The molecule has 2 heteroatoms. The minimum Gasteiger partial charge on any atom is -0.317 e. The molecule has 0 aliphatic carbocycles. The van der Waals surface area contributed by atoms with Crippen LogP contribution in [0.25, 0.3) is 0 Å². The third-order valence-corrected chi connectivity index (χ3v) is 2.07. The summed E-state index contributed by atoms with van der Waals surface area (Å²) in [7, 11) is 0. The second-order valence-electron chi connectivity index (χ2n) is 3.93. The Morgan fingerprint density at radius 2 is 2.00 bits per heavy atom. The van der Waals surface area contributed by atoms with Crippen molar-refractivity contribution in [2.75, 3.05) is 13.1 Å². The number of rotatable bonds is 8. The summed E-state index contributed by atoms with van der Waals surface area (Å²) >= 11 is 0. The van der Waals surface area contributed by atoms with Crippen LogP contribution in [0.4, 0.5) is 0 Å². The van der Waals surface area contributed by atoms with E-state index in [4.69, 9.17) is 0 Å². The molecule has 0 aliphatic rings. The lowest BCUT2D eigenvalue weighted by atomic mass is 10.0. The van der Waals surface area contributed by atoms with Gasteiger partial charge in [0.1, 0.15) is 5.78 Å². The summed E-state index contributed by atoms with van der Waals surface area (Å²) in [6, 6.07) is 0. The summed E-state index contributed by atoms with van der Waals surface area (Å²) in [6.45, 7) is 8.26. The number of nitrogens with one attached hydrogen (secondary N) is 1. The average molecular weight is 185 g/mol. The zero-order valence-corrected chi connectivity index (χ0v) is 9.23. The second-order valence-corrected chi connectivity index (χ2v) is 3.93. The molecule has 13 heavy (non-hydrogen) atoms. The van der Waals surface area contributed by atoms with Crippen molar-refractivity contribution >= 4 is 5.78 Å². The fourth-order valence-electron chi connectivity index (χ4n) is 1.24. The third-order valence-electron chi connectivity index (χ3n) is 2.07. The lowest BCUT2D eigenvalue weighted by molar-refractivity contribution is -0.119. The van der Waals surface area contributed by atoms with Crippen molar-refractivity contribution in [1.82, 2.24) is 5.32 Å². The normalized spacial score (nSPS) is 10.8. The predicted octanol–water partition coefficient (Wildman–Crippen LogP) is 2.38. The molecule has 0 aromatic heterocycles. The van der Waals surface area contributed by atoms with Gasteiger partial charge in [-0.2, -0.15) is 0 Å². The Hall–Kier alpha value is -0.370. The Kier molecular flexibility index (Phi) is 8.00. The minimum absolute atomic E-state index is 0.404. The molecular formula is C11H23NO. The van der Waals surface area contributed by atoms with Gasteiger partial charge in [-0.1, -0.05) is 27.2 Å². The van der Waals surface area contributed by atoms with E-state index in [0.29, 0.717) is 12.2 Å². The van der Waals surface area contributed by atoms with E-state index in [1.165, 1.54) is 6.42 Å². The Balaban J connectivity index is 3.20. The molecule has 0 aromatic rings. The zero-order chi connectivity index (χ0) is 10.1. The van der Waals surface area contributed by atoms with Gasteiger partial charge in [-0.3, -0.25) is 4.79 Å². The van der Waals surface area contributed by atoms with Crippen LogP contribution < -0.4 is 5.32 Å². The first-order valence-corrected chi connectivity index (χ1v) is 5.39. The summed E-state index contributed by atoms with van der Waals surface area (Å²) in [5.41, 5.74) is 0. The molecular weight excluding hydrogens is 162 g/mol. The van der Waals surface area contributed by atoms with Gasteiger partial charge in [-0.25, -0.2) is 0 Å². The predicted molar refractivity (Wildman–Crippen MR) is 56.9 cm³/mol. The first kappa shape index (κ1) is 12.6. The zero-order valence-electron chi connectivity index (χ0n) is 9.23. The van der Waals surface area contributed by atoms with E-state index in [2.05, 4.69) is 26.1 Å². The molecule has 0 bridgehead atoms. The van der Waals surface area contributed by atoms with E-state index in [0.717, 1.165) is 31.8 Å². The van der Waals surface area contributed by atoms with Gasteiger partial charge >= 0.3 is 0 Å². The maximum absolute atomic E-state index is 11.3. The Bertz CT molecular complexity index is 132. The van der Waals surface area contributed by atoms with Gasteiger partial charge in [0.2, 0.25) is 0 Å². The highest BCUT2D eigenvalue weighted by Crippen LogP contribution is 2.07. The number of carbonyl (C=O) groups excluding carboxylic acids is 1.